The zero-order valence-electron chi connectivity index (χ0n) is 6.78. The van der Waals surface area contributed by atoms with Crippen LogP contribution >= 0.6 is 20.8 Å². The highest BCUT2D eigenvalue weighted by Crippen LogP contribution is 2.15. The molecule has 0 radical (unpaired) electrons. The van der Waals surface area contributed by atoms with Gasteiger partial charge in [-0.25, -0.2) is 0 Å². The standard InChI is InChI=1S/C8H18ClP/c1-2-3-4-5-6-7-8(9)10/h8H,2-7,10H2,1H3. The van der Waals surface area contributed by atoms with Crippen LogP contribution in [0, 0.1) is 0 Å². The summed E-state index contributed by atoms with van der Waals surface area (Å²) in [6.45, 7) is 2.24. The third-order valence-electron chi connectivity index (χ3n) is 1.58. The average molecular weight is 181 g/mol. The molecule has 2 unspecified atom stereocenters. The summed E-state index contributed by atoms with van der Waals surface area (Å²) < 4.78 is 0. The molecule has 0 saturated heterocycles. The van der Waals surface area contributed by atoms with Gasteiger partial charge in [0.15, 0.2) is 0 Å². The first kappa shape index (κ1) is 10.7. The summed E-state index contributed by atoms with van der Waals surface area (Å²) in [5.74, 6) is 0. The van der Waals surface area contributed by atoms with Crippen LogP contribution in [0.4, 0.5) is 0 Å². The zero-order valence-corrected chi connectivity index (χ0v) is 8.69. The Kier molecular flexibility index (Phi) is 8.39. The molecule has 0 aromatic carbocycles. The van der Waals surface area contributed by atoms with E-state index < -0.39 is 0 Å². The van der Waals surface area contributed by atoms with Gasteiger partial charge in [0.1, 0.15) is 0 Å². The lowest BCUT2D eigenvalue weighted by molar-refractivity contribution is 0.621. The summed E-state index contributed by atoms with van der Waals surface area (Å²) in [6.07, 6.45) is 7.87. The van der Waals surface area contributed by atoms with Gasteiger partial charge in [0, 0.05) is 5.12 Å². The van der Waals surface area contributed by atoms with E-state index in [2.05, 4.69) is 16.2 Å². The molecule has 0 fully saturated rings. The summed E-state index contributed by atoms with van der Waals surface area (Å²) in [5.41, 5.74) is 0. The van der Waals surface area contributed by atoms with Crippen molar-refractivity contribution < 1.29 is 0 Å². The van der Waals surface area contributed by atoms with Gasteiger partial charge in [-0.1, -0.05) is 39.0 Å². The summed E-state index contributed by atoms with van der Waals surface area (Å²) in [7, 11) is 2.62. The van der Waals surface area contributed by atoms with E-state index in [0.717, 1.165) is 6.42 Å². The Hall–Kier alpha value is 0.720. The van der Waals surface area contributed by atoms with Gasteiger partial charge in [0.05, 0.1) is 0 Å². The first-order chi connectivity index (χ1) is 4.77. The van der Waals surface area contributed by atoms with E-state index in [0.29, 0.717) is 5.12 Å². The molecule has 2 heteroatoms. The summed E-state index contributed by atoms with van der Waals surface area (Å²) in [5, 5.41) is 0.293. The molecule has 0 heterocycles. The number of alkyl halides is 1. The molecular weight excluding hydrogens is 163 g/mol. The van der Waals surface area contributed by atoms with Gasteiger partial charge in [-0.2, -0.15) is 0 Å². The van der Waals surface area contributed by atoms with Gasteiger partial charge in [-0.3, -0.25) is 0 Å². The number of hydrogen-bond donors (Lipinski definition) is 0. The molecule has 0 saturated carbocycles. The van der Waals surface area contributed by atoms with Crippen LogP contribution < -0.4 is 0 Å². The van der Waals surface area contributed by atoms with E-state index in [-0.39, 0.29) is 0 Å². The van der Waals surface area contributed by atoms with Gasteiger partial charge < -0.3 is 0 Å². The fraction of sp³-hybridized carbons (Fsp3) is 1.00. The highest BCUT2D eigenvalue weighted by Gasteiger charge is 1.94. The van der Waals surface area contributed by atoms with Crippen LogP contribution in [0.15, 0.2) is 0 Å². The Morgan fingerprint density at radius 2 is 1.80 bits per heavy atom. The highest BCUT2D eigenvalue weighted by molar-refractivity contribution is 7.21. The van der Waals surface area contributed by atoms with Crippen molar-refractivity contribution in [2.75, 3.05) is 0 Å². The highest BCUT2D eigenvalue weighted by atomic mass is 35.5. The molecule has 0 rings (SSSR count). The predicted molar refractivity (Wildman–Crippen MR) is 52.7 cm³/mol. The zero-order chi connectivity index (χ0) is 7.82. The van der Waals surface area contributed by atoms with Crippen LogP contribution in [0.25, 0.3) is 0 Å². The van der Waals surface area contributed by atoms with Crippen molar-refractivity contribution in [3.05, 3.63) is 0 Å². The lowest BCUT2D eigenvalue weighted by Crippen LogP contribution is -1.85. The monoisotopic (exact) mass is 180 g/mol. The third kappa shape index (κ3) is 8.72. The Labute approximate surface area is 71.9 Å². The quantitative estimate of drug-likeness (QED) is 0.332. The van der Waals surface area contributed by atoms with Gasteiger partial charge in [0.2, 0.25) is 0 Å². The van der Waals surface area contributed by atoms with Gasteiger partial charge in [-0.05, 0) is 6.42 Å². The molecule has 0 N–H and O–H groups in total. The Balaban J connectivity index is 2.77. The molecule has 0 aliphatic rings. The Morgan fingerprint density at radius 3 is 2.30 bits per heavy atom. The smallest absolute Gasteiger partial charge is 0.0476 e. The van der Waals surface area contributed by atoms with E-state index in [4.69, 9.17) is 11.6 Å². The molecule has 0 nitrogen and oxygen atoms in total. The van der Waals surface area contributed by atoms with Gasteiger partial charge in [-0.15, -0.1) is 20.8 Å². The molecule has 62 valence electrons. The molecule has 0 bridgehead atoms. The molecule has 0 spiro atoms. The average Bonchev–Trinajstić information content (AvgIpc) is 1.87. The lowest BCUT2D eigenvalue weighted by Gasteiger charge is -2.00. The van der Waals surface area contributed by atoms with Crippen LogP contribution in [0.1, 0.15) is 45.4 Å². The lowest BCUT2D eigenvalue weighted by atomic mass is 10.1. The molecule has 0 amide bonds. The molecule has 2 atom stereocenters. The van der Waals surface area contributed by atoms with Crippen LogP contribution in [0.5, 0.6) is 0 Å². The minimum atomic E-state index is 0.293. The summed E-state index contributed by atoms with van der Waals surface area (Å²) in [6, 6.07) is 0. The first-order valence-corrected chi connectivity index (χ1v) is 5.27. The molecular formula is C8H18ClP. The maximum absolute atomic E-state index is 5.75. The Morgan fingerprint density at radius 1 is 1.20 bits per heavy atom. The van der Waals surface area contributed by atoms with Crippen molar-refractivity contribution in [2.24, 2.45) is 0 Å². The number of unbranched alkanes of at least 4 members (excludes halogenated alkanes) is 4. The molecule has 0 aromatic rings. The number of rotatable bonds is 6. The van der Waals surface area contributed by atoms with Gasteiger partial charge >= 0.3 is 0 Å². The topological polar surface area (TPSA) is 0 Å². The van der Waals surface area contributed by atoms with Crippen molar-refractivity contribution in [3.8, 4) is 0 Å². The largest absolute Gasteiger partial charge is 0.119 e. The molecule has 0 aromatic heterocycles. The number of halogens is 1. The minimum Gasteiger partial charge on any atom is -0.119 e. The summed E-state index contributed by atoms with van der Waals surface area (Å²) >= 11 is 5.75. The van der Waals surface area contributed by atoms with Crippen LogP contribution in [-0.4, -0.2) is 5.12 Å². The van der Waals surface area contributed by atoms with Crippen molar-refractivity contribution >= 4 is 20.8 Å². The fourth-order valence-electron chi connectivity index (χ4n) is 0.943. The second-order valence-electron chi connectivity index (χ2n) is 2.72. The van der Waals surface area contributed by atoms with Gasteiger partial charge in [0.25, 0.3) is 0 Å². The van der Waals surface area contributed by atoms with Crippen molar-refractivity contribution in [3.63, 3.8) is 0 Å². The maximum Gasteiger partial charge on any atom is 0.0476 e. The second kappa shape index (κ2) is 7.82. The van der Waals surface area contributed by atoms with Crippen LogP contribution in [-0.2, 0) is 0 Å². The van der Waals surface area contributed by atoms with E-state index in [9.17, 15) is 0 Å². The maximum atomic E-state index is 5.75. The van der Waals surface area contributed by atoms with Crippen molar-refractivity contribution in [1.29, 1.82) is 0 Å². The van der Waals surface area contributed by atoms with E-state index in [1.54, 1.807) is 0 Å². The molecule has 0 aliphatic carbocycles. The Bertz CT molecular complexity index is 64.3. The SMILES string of the molecule is CCCCCCCC(P)Cl. The molecule has 0 aliphatic heterocycles. The summed E-state index contributed by atoms with van der Waals surface area (Å²) in [4.78, 5) is 0. The van der Waals surface area contributed by atoms with Crippen LogP contribution in [0.3, 0.4) is 0 Å². The van der Waals surface area contributed by atoms with E-state index in [1.165, 1.54) is 32.1 Å². The molecule has 10 heavy (non-hydrogen) atoms. The van der Waals surface area contributed by atoms with E-state index >= 15 is 0 Å². The second-order valence-corrected chi connectivity index (χ2v) is 4.51. The first-order valence-electron chi connectivity index (χ1n) is 4.17. The predicted octanol–water partition coefficient (Wildman–Crippen LogP) is 3.79. The minimum absolute atomic E-state index is 0.293. The normalized spacial score (nSPS) is 13.5. The van der Waals surface area contributed by atoms with E-state index in [1.807, 2.05) is 0 Å². The van der Waals surface area contributed by atoms with Crippen molar-refractivity contribution in [1.82, 2.24) is 0 Å². The fourth-order valence-corrected chi connectivity index (χ4v) is 1.33. The third-order valence-corrected chi connectivity index (χ3v) is 2.14. The van der Waals surface area contributed by atoms with Crippen LogP contribution in [0.2, 0.25) is 0 Å². The van der Waals surface area contributed by atoms with Crippen molar-refractivity contribution in [2.45, 2.75) is 50.6 Å². The number of hydrogen-bond acceptors (Lipinski definition) is 0.